The largest absolute Gasteiger partial charge is 0.368 e. The Bertz CT molecular complexity index is 1200. The van der Waals surface area contributed by atoms with Gasteiger partial charge in [-0.2, -0.15) is 0 Å². The molecule has 2 atom stereocenters. The number of sulfone groups is 1. The molecular formula is C25H30Cl2N4O3S. The van der Waals surface area contributed by atoms with Crippen LogP contribution in [0.1, 0.15) is 30.4 Å². The second kappa shape index (κ2) is 11.3. The number of likely N-dealkylation sites (N-methyl/N-ethyl adjacent to an activating group) is 1. The number of nitrogens with one attached hydrogen (secondary N) is 2. The van der Waals surface area contributed by atoms with E-state index in [1.807, 2.05) is 7.05 Å². The molecule has 1 heterocycles. The van der Waals surface area contributed by atoms with E-state index in [-0.39, 0.29) is 38.7 Å². The van der Waals surface area contributed by atoms with Crippen LogP contribution in [0.25, 0.3) is 0 Å². The standard InChI is InChI=1S/C25H30Cl2N4O3S/c1-31(14-11-17-5-7-18(8-6-17)24-28-12-13-29-24)25(32)19-9-10-20(15-19)30-16-35(33,34)22-4-2-3-21(26)23(22)27/h2-8,19-20,30H,9-16H2,1H3,(H,28,29). The molecule has 2 aliphatic rings. The molecule has 0 radical (unpaired) electrons. The van der Waals surface area contributed by atoms with Crippen molar-refractivity contribution in [1.29, 1.82) is 0 Å². The molecule has 2 unspecified atom stereocenters. The van der Waals surface area contributed by atoms with Gasteiger partial charge in [-0.15, -0.1) is 0 Å². The Morgan fingerprint density at radius 2 is 1.94 bits per heavy atom. The average Bonchev–Trinajstić information content (AvgIpc) is 3.55. The van der Waals surface area contributed by atoms with E-state index in [9.17, 15) is 13.2 Å². The molecule has 1 fully saturated rings. The molecule has 0 aromatic heterocycles. The number of halogens is 2. The summed E-state index contributed by atoms with van der Waals surface area (Å²) in [4.78, 5) is 19.2. The van der Waals surface area contributed by atoms with Crippen LogP contribution in [-0.4, -0.2) is 63.7 Å². The zero-order chi connectivity index (χ0) is 25.0. The van der Waals surface area contributed by atoms with Crippen LogP contribution in [0.3, 0.4) is 0 Å². The Hall–Kier alpha value is -2.13. The molecule has 1 amide bonds. The summed E-state index contributed by atoms with van der Waals surface area (Å²) in [7, 11) is -1.80. The molecular weight excluding hydrogens is 507 g/mol. The molecule has 1 saturated carbocycles. The third kappa shape index (κ3) is 6.36. The fourth-order valence-electron chi connectivity index (χ4n) is 4.56. The van der Waals surface area contributed by atoms with E-state index in [0.29, 0.717) is 13.0 Å². The van der Waals surface area contributed by atoms with Crippen molar-refractivity contribution in [2.24, 2.45) is 10.9 Å². The fourth-order valence-corrected chi connectivity index (χ4v) is 6.55. The molecule has 0 saturated heterocycles. The van der Waals surface area contributed by atoms with Crippen molar-refractivity contribution >= 4 is 44.8 Å². The van der Waals surface area contributed by atoms with Crippen LogP contribution < -0.4 is 10.6 Å². The second-order valence-corrected chi connectivity index (χ2v) is 11.8. The molecule has 10 heteroatoms. The quantitative estimate of drug-likeness (QED) is 0.511. The van der Waals surface area contributed by atoms with Crippen LogP contribution in [-0.2, 0) is 21.1 Å². The molecule has 0 bridgehead atoms. The molecule has 2 aromatic rings. The maximum absolute atomic E-state index is 13.0. The van der Waals surface area contributed by atoms with Crippen molar-refractivity contribution < 1.29 is 13.2 Å². The molecule has 2 N–H and O–H groups in total. The first-order valence-electron chi connectivity index (χ1n) is 11.8. The highest BCUT2D eigenvalue weighted by Gasteiger charge is 2.32. The maximum atomic E-state index is 13.0. The average molecular weight is 538 g/mol. The Kier molecular flexibility index (Phi) is 8.37. The van der Waals surface area contributed by atoms with Crippen molar-refractivity contribution in [3.8, 4) is 0 Å². The number of hydrogen-bond donors (Lipinski definition) is 2. The van der Waals surface area contributed by atoms with Crippen molar-refractivity contribution in [2.45, 2.75) is 36.6 Å². The molecule has 1 aliphatic heterocycles. The Morgan fingerprint density at radius 3 is 2.66 bits per heavy atom. The van der Waals surface area contributed by atoms with E-state index in [4.69, 9.17) is 23.2 Å². The topological polar surface area (TPSA) is 90.9 Å². The number of amidine groups is 1. The number of benzene rings is 2. The highest BCUT2D eigenvalue weighted by Crippen LogP contribution is 2.31. The van der Waals surface area contributed by atoms with Gasteiger partial charge in [0.25, 0.3) is 0 Å². The van der Waals surface area contributed by atoms with Gasteiger partial charge < -0.3 is 15.5 Å². The molecule has 35 heavy (non-hydrogen) atoms. The number of aliphatic imine (C=N–C) groups is 1. The minimum absolute atomic E-state index is 0.0186. The van der Waals surface area contributed by atoms with Crippen LogP contribution in [0.2, 0.25) is 10.0 Å². The Morgan fingerprint density at radius 1 is 1.17 bits per heavy atom. The number of carbonyl (C=O) groups is 1. The van der Waals surface area contributed by atoms with Gasteiger partial charge in [-0.3, -0.25) is 9.79 Å². The number of rotatable bonds is 9. The van der Waals surface area contributed by atoms with Crippen LogP contribution in [0.5, 0.6) is 0 Å². The van der Waals surface area contributed by atoms with Gasteiger partial charge in [0.2, 0.25) is 5.91 Å². The lowest BCUT2D eigenvalue weighted by Gasteiger charge is -2.21. The summed E-state index contributed by atoms with van der Waals surface area (Å²) < 4.78 is 25.4. The van der Waals surface area contributed by atoms with Crippen LogP contribution in [0, 0.1) is 5.92 Å². The molecule has 7 nitrogen and oxygen atoms in total. The van der Waals surface area contributed by atoms with Crippen LogP contribution in [0.15, 0.2) is 52.4 Å². The predicted octanol–water partition coefficient (Wildman–Crippen LogP) is 3.53. The summed E-state index contributed by atoms with van der Waals surface area (Å²) in [6, 6.07) is 12.8. The van der Waals surface area contributed by atoms with E-state index >= 15 is 0 Å². The van der Waals surface area contributed by atoms with Gasteiger partial charge in [0.1, 0.15) is 11.7 Å². The third-order valence-corrected chi connectivity index (χ3v) is 9.10. The summed E-state index contributed by atoms with van der Waals surface area (Å²) >= 11 is 12.0. The summed E-state index contributed by atoms with van der Waals surface area (Å²) in [5, 5.41) is 6.62. The molecule has 2 aromatic carbocycles. The van der Waals surface area contributed by atoms with Gasteiger partial charge in [0, 0.05) is 37.7 Å². The number of amides is 1. The number of nitrogens with zero attached hydrogens (tertiary/aromatic N) is 2. The lowest BCUT2D eigenvalue weighted by atomic mass is 10.1. The van der Waals surface area contributed by atoms with Crippen LogP contribution >= 0.6 is 23.2 Å². The van der Waals surface area contributed by atoms with Gasteiger partial charge in [-0.05, 0) is 43.4 Å². The van der Waals surface area contributed by atoms with Crippen LogP contribution in [0.4, 0.5) is 0 Å². The molecule has 1 aliphatic carbocycles. The van der Waals surface area contributed by atoms with Gasteiger partial charge in [0.15, 0.2) is 9.84 Å². The van der Waals surface area contributed by atoms with Gasteiger partial charge in [0.05, 0.1) is 21.5 Å². The number of carbonyl (C=O) groups excluding carboxylic acids is 1. The zero-order valence-corrected chi connectivity index (χ0v) is 22.0. The summed E-state index contributed by atoms with van der Waals surface area (Å²) in [6.45, 7) is 2.33. The third-order valence-electron chi connectivity index (χ3n) is 6.61. The van der Waals surface area contributed by atoms with Crippen molar-refractivity contribution in [2.75, 3.05) is 32.6 Å². The first kappa shape index (κ1) is 25.9. The first-order chi connectivity index (χ1) is 16.7. The summed E-state index contributed by atoms with van der Waals surface area (Å²) in [6.07, 6.45) is 2.88. The fraction of sp³-hybridized carbons (Fsp3) is 0.440. The Balaban J connectivity index is 1.24. The van der Waals surface area contributed by atoms with E-state index in [1.165, 1.54) is 11.6 Å². The molecule has 188 valence electrons. The minimum Gasteiger partial charge on any atom is -0.368 e. The van der Waals surface area contributed by atoms with Crippen molar-refractivity contribution in [1.82, 2.24) is 15.5 Å². The minimum atomic E-state index is -3.64. The van der Waals surface area contributed by atoms with E-state index in [2.05, 4.69) is 39.9 Å². The molecule has 4 rings (SSSR count). The highest BCUT2D eigenvalue weighted by molar-refractivity contribution is 7.91. The monoisotopic (exact) mass is 536 g/mol. The Labute approximate surface area is 216 Å². The number of hydrogen-bond acceptors (Lipinski definition) is 6. The second-order valence-electron chi connectivity index (χ2n) is 9.09. The first-order valence-corrected chi connectivity index (χ1v) is 14.2. The van der Waals surface area contributed by atoms with E-state index in [1.54, 1.807) is 17.0 Å². The highest BCUT2D eigenvalue weighted by atomic mass is 35.5. The summed E-state index contributed by atoms with van der Waals surface area (Å²) in [5.41, 5.74) is 2.25. The normalized spacial score (nSPS) is 19.9. The van der Waals surface area contributed by atoms with Gasteiger partial charge in [-0.1, -0.05) is 53.5 Å². The lowest BCUT2D eigenvalue weighted by molar-refractivity contribution is -0.134. The van der Waals surface area contributed by atoms with Gasteiger partial charge >= 0.3 is 0 Å². The SMILES string of the molecule is CN(CCc1ccc(C2=NCCN2)cc1)C(=O)C1CCC(NCS(=O)(=O)c2cccc(Cl)c2Cl)C1. The predicted molar refractivity (Wildman–Crippen MR) is 140 cm³/mol. The summed E-state index contributed by atoms with van der Waals surface area (Å²) in [5.74, 6) is 0.698. The maximum Gasteiger partial charge on any atom is 0.225 e. The van der Waals surface area contributed by atoms with E-state index in [0.717, 1.165) is 43.8 Å². The molecule has 0 spiro atoms. The zero-order valence-electron chi connectivity index (χ0n) is 19.6. The lowest BCUT2D eigenvalue weighted by Crippen LogP contribution is -2.36. The van der Waals surface area contributed by atoms with Crippen molar-refractivity contribution in [3.05, 3.63) is 63.6 Å². The van der Waals surface area contributed by atoms with Crippen molar-refractivity contribution in [3.63, 3.8) is 0 Å². The van der Waals surface area contributed by atoms with Gasteiger partial charge in [-0.25, -0.2) is 8.42 Å². The van der Waals surface area contributed by atoms with E-state index < -0.39 is 9.84 Å². The smallest absolute Gasteiger partial charge is 0.225 e.